The molecule has 0 aliphatic carbocycles. The zero-order valence-electron chi connectivity index (χ0n) is 11.1. The van der Waals surface area contributed by atoms with Crippen LogP contribution in [0.25, 0.3) is 0 Å². The fourth-order valence-corrected chi connectivity index (χ4v) is 3.05. The highest BCUT2D eigenvalue weighted by Crippen LogP contribution is 2.17. The Bertz CT molecular complexity index is 501. The number of hydrogen-bond donors (Lipinski definition) is 1. The van der Waals surface area contributed by atoms with E-state index < -0.39 is 15.8 Å². The van der Waals surface area contributed by atoms with Crippen LogP contribution >= 0.6 is 0 Å². The maximum absolute atomic E-state index is 11.9. The molecule has 0 atom stereocenters. The lowest BCUT2D eigenvalue weighted by Gasteiger charge is -2.01. The lowest BCUT2D eigenvalue weighted by Crippen LogP contribution is -2.06. The van der Waals surface area contributed by atoms with Crippen molar-refractivity contribution >= 4 is 15.8 Å². The average Bonchev–Trinajstić information content (AvgIpc) is 2.84. The summed E-state index contributed by atoms with van der Waals surface area (Å²) in [5.41, 5.74) is 0. The predicted octanol–water partition coefficient (Wildman–Crippen LogP) is 3.11. The van der Waals surface area contributed by atoms with E-state index in [1.54, 1.807) is 0 Å². The normalized spacial score (nSPS) is 11.6. The number of carboxylic acid groups (broad SMARTS) is 1. The first kappa shape index (κ1) is 15.8. The van der Waals surface area contributed by atoms with E-state index in [2.05, 4.69) is 6.92 Å². The van der Waals surface area contributed by atoms with Crippen molar-refractivity contribution in [1.82, 2.24) is 0 Å². The summed E-state index contributed by atoms with van der Waals surface area (Å²) >= 11 is 0. The van der Waals surface area contributed by atoms with Gasteiger partial charge >= 0.3 is 5.97 Å². The van der Waals surface area contributed by atoms with Gasteiger partial charge in [-0.25, -0.2) is 13.2 Å². The molecule has 0 saturated carbocycles. The molecular weight excluding hydrogens is 268 g/mol. The van der Waals surface area contributed by atoms with Crippen LogP contribution in [0.3, 0.4) is 0 Å². The van der Waals surface area contributed by atoms with Crippen LogP contribution in [0.15, 0.2) is 21.6 Å². The van der Waals surface area contributed by atoms with E-state index >= 15 is 0 Å². The smallest absolute Gasteiger partial charge is 0.371 e. The topological polar surface area (TPSA) is 84.6 Å². The third-order valence-corrected chi connectivity index (χ3v) is 4.52. The number of aromatic carboxylic acids is 1. The van der Waals surface area contributed by atoms with Gasteiger partial charge in [0.05, 0.1) is 5.75 Å². The molecule has 0 aliphatic rings. The Hall–Kier alpha value is -1.30. The van der Waals surface area contributed by atoms with Crippen molar-refractivity contribution in [3.05, 3.63) is 17.9 Å². The van der Waals surface area contributed by atoms with Gasteiger partial charge in [-0.15, -0.1) is 0 Å². The van der Waals surface area contributed by atoms with E-state index in [-0.39, 0.29) is 16.6 Å². The Kier molecular flexibility index (Phi) is 6.08. The molecule has 1 N–H and O–H groups in total. The van der Waals surface area contributed by atoms with Gasteiger partial charge in [-0.3, -0.25) is 0 Å². The van der Waals surface area contributed by atoms with E-state index in [1.165, 1.54) is 12.5 Å². The second kappa shape index (κ2) is 7.33. The summed E-state index contributed by atoms with van der Waals surface area (Å²) in [4.78, 5) is 10.6. The average molecular weight is 288 g/mol. The highest BCUT2D eigenvalue weighted by molar-refractivity contribution is 7.91. The first-order valence-electron chi connectivity index (χ1n) is 6.53. The predicted molar refractivity (Wildman–Crippen MR) is 71.1 cm³/mol. The van der Waals surface area contributed by atoms with Gasteiger partial charge in [-0.1, -0.05) is 39.0 Å². The van der Waals surface area contributed by atoms with Crippen molar-refractivity contribution < 1.29 is 22.7 Å². The van der Waals surface area contributed by atoms with Crippen LogP contribution in [0.5, 0.6) is 0 Å². The monoisotopic (exact) mass is 288 g/mol. The summed E-state index contributed by atoms with van der Waals surface area (Å²) in [5.74, 6) is -1.60. The molecule has 0 bridgehead atoms. The number of rotatable bonds is 9. The third-order valence-electron chi connectivity index (χ3n) is 2.87. The van der Waals surface area contributed by atoms with Crippen molar-refractivity contribution in [1.29, 1.82) is 0 Å². The van der Waals surface area contributed by atoms with Gasteiger partial charge in [0.1, 0.15) is 0 Å². The summed E-state index contributed by atoms with van der Waals surface area (Å²) in [6, 6.07) is 2.37. The Morgan fingerprint density at radius 3 is 2.37 bits per heavy atom. The molecule has 1 heterocycles. The molecule has 0 radical (unpaired) electrons. The van der Waals surface area contributed by atoms with Crippen molar-refractivity contribution in [2.24, 2.45) is 0 Å². The molecule has 0 amide bonds. The molecular formula is C13H20O5S. The lowest BCUT2D eigenvalue weighted by molar-refractivity contribution is 0.0656. The van der Waals surface area contributed by atoms with E-state index in [9.17, 15) is 13.2 Å². The number of sulfone groups is 1. The van der Waals surface area contributed by atoms with Crippen LogP contribution in [0, 0.1) is 0 Å². The number of carbonyl (C=O) groups is 1. The molecule has 0 fully saturated rings. The van der Waals surface area contributed by atoms with Crippen LogP contribution in [0.2, 0.25) is 0 Å². The van der Waals surface area contributed by atoms with E-state index in [0.29, 0.717) is 6.42 Å². The summed E-state index contributed by atoms with van der Waals surface area (Å²) < 4.78 is 28.6. The molecule has 5 nitrogen and oxygen atoms in total. The van der Waals surface area contributed by atoms with Gasteiger partial charge in [-0.2, -0.15) is 0 Å². The number of unbranched alkanes of at least 4 members (excludes halogenated alkanes) is 5. The summed E-state index contributed by atoms with van der Waals surface area (Å²) in [5, 5.41) is 8.42. The Balaban J connectivity index is 2.44. The maximum Gasteiger partial charge on any atom is 0.371 e. The van der Waals surface area contributed by atoms with Crippen molar-refractivity contribution in [2.45, 2.75) is 50.5 Å². The van der Waals surface area contributed by atoms with Gasteiger partial charge in [0.2, 0.25) is 20.7 Å². The van der Waals surface area contributed by atoms with Crippen molar-refractivity contribution in [3.8, 4) is 0 Å². The summed E-state index contributed by atoms with van der Waals surface area (Å²) in [6.07, 6.45) is 5.93. The first-order chi connectivity index (χ1) is 8.97. The van der Waals surface area contributed by atoms with Crippen molar-refractivity contribution in [3.63, 3.8) is 0 Å². The molecule has 0 saturated heterocycles. The molecule has 1 aromatic rings. The third kappa shape index (κ3) is 5.06. The minimum atomic E-state index is -3.50. The van der Waals surface area contributed by atoms with Gasteiger partial charge < -0.3 is 9.52 Å². The van der Waals surface area contributed by atoms with Crippen LogP contribution in [0.1, 0.15) is 56.0 Å². The molecule has 19 heavy (non-hydrogen) atoms. The van der Waals surface area contributed by atoms with Crippen LogP contribution in [-0.4, -0.2) is 25.2 Å². The second-order valence-electron chi connectivity index (χ2n) is 4.51. The van der Waals surface area contributed by atoms with E-state index in [4.69, 9.17) is 9.52 Å². The zero-order valence-corrected chi connectivity index (χ0v) is 11.9. The highest BCUT2D eigenvalue weighted by atomic mass is 32.2. The summed E-state index contributed by atoms with van der Waals surface area (Å²) in [6.45, 7) is 2.13. The number of hydrogen-bond acceptors (Lipinski definition) is 4. The molecule has 6 heteroatoms. The standard InChI is InChI=1S/C13H20O5S/c1-2-3-4-5-6-7-10-19(16,17)12-9-8-11(18-12)13(14)15/h8-9H,2-7,10H2,1H3,(H,14,15). The van der Waals surface area contributed by atoms with Crippen LogP contribution < -0.4 is 0 Å². The van der Waals surface area contributed by atoms with Crippen LogP contribution in [-0.2, 0) is 9.84 Å². The van der Waals surface area contributed by atoms with Crippen molar-refractivity contribution in [2.75, 3.05) is 5.75 Å². The fraction of sp³-hybridized carbons (Fsp3) is 0.615. The molecule has 0 unspecified atom stereocenters. The van der Waals surface area contributed by atoms with Gasteiger partial charge in [0.15, 0.2) is 0 Å². The molecule has 0 aromatic carbocycles. The number of carboxylic acids is 1. The first-order valence-corrected chi connectivity index (χ1v) is 8.18. The number of furan rings is 1. The summed E-state index contributed by atoms with van der Waals surface area (Å²) in [7, 11) is -3.50. The quantitative estimate of drug-likeness (QED) is 0.706. The van der Waals surface area contributed by atoms with Crippen LogP contribution in [0.4, 0.5) is 0 Å². The largest absolute Gasteiger partial charge is 0.475 e. The zero-order chi connectivity index (χ0) is 14.3. The fourth-order valence-electron chi connectivity index (χ4n) is 1.78. The van der Waals surface area contributed by atoms with Gasteiger partial charge in [-0.05, 0) is 18.6 Å². The Morgan fingerprint density at radius 1 is 1.16 bits per heavy atom. The highest BCUT2D eigenvalue weighted by Gasteiger charge is 2.20. The maximum atomic E-state index is 11.9. The second-order valence-corrected chi connectivity index (χ2v) is 6.55. The van der Waals surface area contributed by atoms with E-state index in [0.717, 1.165) is 31.7 Å². The molecule has 0 spiro atoms. The lowest BCUT2D eigenvalue weighted by atomic mass is 10.1. The molecule has 0 aliphatic heterocycles. The van der Waals surface area contributed by atoms with Gasteiger partial charge in [0, 0.05) is 0 Å². The van der Waals surface area contributed by atoms with E-state index in [1.807, 2.05) is 0 Å². The molecule has 1 rings (SSSR count). The molecule has 1 aromatic heterocycles. The Morgan fingerprint density at radius 2 is 1.79 bits per heavy atom. The Labute approximate surface area is 113 Å². The SMILES string of the molecule is CCCCCCCCS(=O)(=O)c1ccc(C(=O)O)o1. The minimum absolute atomic E-state index is 0.00565. The minimum Gasteiger partial charge on any atom is -0.475 e. The van der Waals surface area contributed by atoms with Gasteiger partial charge in [0.25, 0.3) is 0 Å². The molecule has 108 valence electrons.